The predicted molar refractivity (Wildman–Crippen MR) is 130 cm³/mol. The topological polar surface area (TPSA) is 70.6 Å². The van der Waals surface area contributed by atoms with Gasteiger partial charge >= 0.3 is 0 Å². The number of aromatic nitrogens is 1. The summed E-state index contributed by atoms with van der Waals surface area (Å²) < 4.78 is 0. The Kier molecular flexibility index (Phi) is 6.28. The van der Waals surface area contributed by atoms with Crippen molar-refractivity contribution in [3.63, 3.8) is 0 Å². The number of hydrogen-bond acceptors (Lipinski definition) is 5. The third-order valence-electron chi connectivity index (χ3n) is 6.93. The molecule has 0 saturated carbocycles. The molecule has 0 radical (unpaired) electrons. The van der Waals surface area contributed by atoms with Crippen molar-refractivity contribution in [3.8, 4) is 0 Å². The Labute approximate surface area is 203 Å². The molecule has 2 saturated heterocycles. The van der Waals surface area contributed by atoms with Gasteiger partial charge in [-0.15, -0.1) is 11.3 Å². The normalized spacial score (nSPS) is 22.9. The smallest absolute Gasteiger partial charge is 0.241 e. The van der Waals surface area contributed by atoms with Gasteiger partial charge in [-0.25, -0.2) is 0 Å². The molecular weight excluding hydrogens is 446 g/mol. The van der Waals surface area contributed by atoms with Gasteiger partial charge in [0.2, 0.25) is 17.7 Å². The van der Waals surface area contributed by atoms with E-state index < -0.39 is 5.41 Å². The molecule has 2 fully saturated rings. The lowest BCUT2D eigenvalue weighted by atomic mass is 9.75. The van der Waals surface area contributed by atoms with E-state index in [1.54, 1.807) is 6.20 Å². The van der Waals surface area contributed by atoms with Gasteiger partial charge in [-0.1, -0.05) is 42.5 Å². The van der Waals surface area contributed by atoms with Crippen LogP contribution in [0.3, 0.4) is 0 Å². The summed E-state index contributed by atoms with van der Waals surface area (Å²) in [5.41, 5.74) is 0.415. The molecule has 0 N–H and O–H groups in total. The second-order valence-corrected chi connectivity index (χ2v) is 10.1. The number of carbonyl (C=O) groups is 3. The average molecular weight is 474 g/mol. The number of imide groups is 1. The third-order valence-corrected chi connectivity index (χ3v) is 7.80. The first-order valence-corrected chi connectivity index (χ1v) is 12.6. The van der Waals surface area contributed by atoms with Crippen LogP contribution in [0.1, 0.15) is 54.3 Å². The van der Waals surface area contributed by atoms with Crippen LogP contribution in [0, 0.1) is 0 Å². The molecule has 0 spiro atoms. The Balaban J connectivity index is 1.47. The van der Waals surface area contributed by atoms with Crippen molar-refractivity contribution >= 4 is 29.1 Å². The number of benzene rings is 1. The fourth-order valence-electron chi connectivity index (χ4n) is 5.21. The maximum Gasteiger partial charge on any atom is 0.241 e. The number of hydrogen-bond donors (Lipinski definition) is 0. The minimum Gasteiger partial charge on any atom is -0.334 e. The Morgan fingerprint density at radius 3 is 2.59 bits per heavy atom. The summed E-state index contributed by atoms with van der Waals surface area (Å²) in [5, 5.41) is 1.93. The Bertz CT molecular complexity index is 1170. The van der Waals surface area contributed by atoms with Crippen LogP contribution in [-0.4, -0.2) is 39.1 Å². The minimum atomic E-state index is -1.18. The SMILES string of the molecule is O=C1C[C@](CC(=O)N2CCCC[C@H]2c2ccccn2)(c2ccccc2)C(=O)N1Cc1cccs1. The van der Waals surface area contributed by atoms with Crippen molar-refractivity contribution in [1.29, 1.82) is 0 Å². The van der Waals surface area contributed by atoms with Gasteiger partial charge in [0.1, 0.15) is 0 Å². The molecule has 0 unspecified atom stereocenters. The van der Waals surface area contributed by atoms with Gasteiger partial charge in [0.25, 0.3) is 0 Å². The fourth-order valence-corrected chi connectivity index (χ4v) is 5.91. The van der Waals surface area contributed by atoms with E-state index >= 15 is 0 Å². The fraction of sp³-hybridized carbons (Fsp3) is 0.333. The number of amides is 3. The first kappa shape index (κ1) is 22.5. The molecule has 1 aromatic carbocycles. The second kappa shape index (κ2) is 9.50. The molecular formula is C27H27N3O3S. The largest absolute Gasteiger partial charge is 0.334 e. The molecule has 2 aliphatic heterocycles. The Hall–Kier alpha value is -3.32. The molecule has 2 aromatic heterocycles. The first-order chi connectivity index (χ1) is 16.6. The van der Waals surface area contributed by atoms with Crippen LogP contribution in [-0.2, 0) is 26.3 Å². The van der Waals surface area contributed by atoms with Crippen molar-refractivity contribution in [2.45, 2.75) is 50.1 Å². The van der Waals surface area contributed by atoms with Crippen molar-refractivity contribution < 1.29 is 14.4 Å². The molecule has 5 rings (SSSR count). The number of pyridine rings is 1. The molecule has 174 valence electrons. The van der Waals surface area contributed by atoms with Crippen LogP contribution in [0.4, 0.5) is 0 Å². The van der Waals surface area contributed by atoms with E-state index in [0.29, 0.717) is 6.54 Å². The first-order valence-electron chi connectivity index (χ1n) is 11.7. The summed E-state index contributed by atoms with van der Waals surface area (Å²) in [6, 6.07) is 18.8. The molecule has 0 aliphatic carbocycles. The van der Waals surface area contributed by atoms with Gasteiger partial charge in [-0.2, -0.15) is 0 Å². The molecule has 3 amide bonds. The summed E-state index contributed by atoms with van der Waals surface area (Å²) in [4.78, 5) is 49.4. The van der Waals surface area contributed by atoms with Crippen molar-refractivity contribution in [2.75, 3.05) is 6.54 Å². The van der Waals surface area contributed by atoms with Gasteiger partial charge in [0, 0.05) is 30.5 Å². The molecule has 0 bridgehead atoms. The second-order valence-electron chi connectivity index (χ2n) is 9.02. The Morgan fingerprint density at radius 2 is 1.85 bits per heavy atom. The lowest BCUT2D eigenvalue weighted by Crippen LogP contribution is -2.45. The number of likely N-dealkylation sites (tertiary alicyclic amines) is 2. The van der Waals surface area contributed by atoms with Gasteiger partial charge < -0.3 is 4.90 Å². The average Bonchev–Trinajstić information content (AvgIpc) is 3.48. The van der Waals surface area contributed by atoms with Crippen LogP contribution in [0.5, 0.6) is 0 Å². The van der Waals surface area contributed by atoms with E-state index in [-0.39, 0.29) is 43.1 Å². The van der Waals surface area contributed by atoms with Crippen molar-refractivity contribution in [1.82, 2.24) is 14.8 Å². The molecule has 2 atom stereocenters. The summed E-state index contributed by atoms with van der Waals surface area (Å²) >= 11 is 1.52. The molecule has 34 heavy (non-hydrogen) atoms. The number of thiophene rings is 1. The third kappa shape index (κ3) is 4.16. The quantitative estimate of drug-likeness (QED) is 0.495. The lowest BCUT2D eigenvalue weighted by Gasteiger charge is -2.37. The summed E-state index contributed by atoms with van der Waals surface area (Å²) in [7, 11) is 0. The van der Waals surface area contributed by atoms with Gasteiger partial charge in [-0.05, 0) is 48.4 Å². The van der Waals surface area contributed by atoms with Crippen LogP contribution in [0.2, 0.25) is 0 Å². The highest BCUT2D eigenvalue weighted by molar-refractivity contribution is 7.09. The number of rotatable bonds is 6. The van der Waals surface area contributed by atoms with Crippen molar-refractivity contribution in [2.24, 2.45) is 0 Å². The van der Waals surface area contributed by atoms with E-state index in [9.17, 15) is 14.4 Å². The highest BCUT2D eigenvalue weighted by Crippen LogP contribution is 2.42. The maximum absolute atomic E-state index is 13.9. The zero-order valence-electron chi connectivity index (χ0n) is 18.9. The Morgan fingerprint density at radius 1 is 1.03 bits per heavy atom. The van der Waals surface area contributed by atoms with E-state index in [4.69, 9.17) is 0 Å². The van der Waals surface area contributed by atoms with E-state index in [2.05, 4.69) is 4.98 Å². The number of carbonyl (C=O) groups excluding carboxylic acids is 3. The maximum atomic E-state index is 13.9. The predicted octanol–water partition coefficient (Wildman–Crippen LogP) is 4.48. The highest BCUT2D eigenvalue weighted by atomic mass is 32.1. The highest BCUT2D eigenvalue weighted by Gasteiger charge is 2.54. The summed E-state index contributed by atoms with van der Waals surface area (Å²) in [6.45, 7) is 0.879. The van der Waals surface area contributed by atoms with E-state index in [1.165, 1.54) is 16.2 Å². The molecule has 6 nitrogen and oxygen atoms in total. The van der Waals surface area contributed by atoms with Crippen LogP contribution < -0.4 is 0 Å². The molecule has 2 aliphatic rings. The lowest BCUT2D eigenvalue weighted by molar-refractivity contribution is -0.144. The van der Waals surface area contributed by atoms with E-state index in [1.807, 2.05) is 70.9 Å². The zero-order chi connectivity index (χ0) is 23.5. The zero-order valence-corrected chi connectivity index (χ0v) is 19.7. The van der Waals surface area contributed by atoms with Crippen LogP contribution >= 0.6 is 11.3 Å². The number of nitrogens with zero attached hydrogens (tertiary/aromatic N) is 3. The minimum absolute atomic E-state index is 0.00898. The standard InChI is InChI=1S/C27H27N3O3S/c31-24(29-15-7-5-13-23(29)22-12-4-6-14-28-22)17-27(20-9-2-1-3-10-20)18-25(32)30(26(27)33)19-21-11-8-16-34-21/h1-4,6,8-12,14,16,23H,5,7,13,15,17-19H2/t23-,27+/m0/s1. The van der Waals surface area contributed by atoms with Crippen molar-refractivity contribution in [3.05, 3.63) is 88.4 Å². The molecule has 7 heteroatoms. The molecule has 4 heterocycles. The summed E-state index contributed by atoms with van der Waals surface area (Å²) in [6.07, 6.45) is 4.53. The molecule has 3 aromatic rings. The van der Waals surface area contributed by atoms with Gasteiger partial charge in [-0.3, -0.25) is 24.3 Å². The van der Waals surface area contributed by atoms with Gasteiger partial charge in [0.05, 0.1) is 23.7 Å². The van der Waals surface area contributed by atoms with E-state index in [0.717, 1.165) is 35.4 Å². The van der Waals surface area contributed by atoms with Gasteiger partial charge in [0.15, 0.2) is 0 Å². The van der Waals surface area contributed by atoms with Crippen LogP contribution in [0.15, 0.2) is 72.2 Å². The summed E-state index contributed by atoms with van der Waals surface area (Å²) in [5.74, 6) is -0.606. The van der Waals surface area contributed by atoms with Crippen LogP contribution in [0.25, 0.3) is 0 Å². The monoisotopic (exact) mass is 473 g/mol. The number of piperidine rings is 1.